The number of aromatic nitrogens is 5. The van der Waals surface area contributed by atoms with E-state index in [1.54, 1.807) is 17.2 Å². The molecular weight excluding hydrogens is 829 g/mol. The van der Waals surface area contributed by atoms with Crippen molar-refractivity contribution in [3.63, 3.8) is 0 Å². The Bertz CT molecular complexity index is 3930. The molecule has 0 N–H and O–H groups in total. The van der Waals surface area contributed by atoms with Crippen LogP contribution in [-0.4, -0.2) is 24.1 Å². The first-order valence-electron chi connectivity index (χ1n) is 24.2. The number of rotatable bonds is 5. The summed E-state index contributed by atoms with van der Waals surface area (Å²) in [7, 11) is 0. The second-order valence-electron chi connectivity index (χ2n) is 20.0. The minimum absolute atomic E-state index is 0.114. The quantitative estimate of drug-likeness (QED) is 0.173. The zero-order valence-electron chi connectivity index (χ0n) is 37.3. The van der Waals surface area contributed by atoms with Gasteiger partial charge in [-0.3, -0.25) is 4.57 Å². The molecule has 0 atom stereocenters. The number of nitriles is 1. The zero-order chi connectivity index (χ0) is 44.7. The topological polar surface area (TPSA) is 72.3 Å². The molecule has 4 fully saturated rings. The maximum atomic E-state index is 9.75. The third-order valence-corrected chi connectivity index (χ3v) is 16.6. The van der Waals surface area contributed by atoms with Crippen molar-refractivity contribution < 1.29 is 0 Å². The van der Waals surface area contributed by atoms with E-state index in [0.29, 0.717) is 23.2 Å². The summed E-state index contributed by atoms with van der Waals surface area (Å²) in [6.07, 6.45) is 6.96. The van der Waals surface area contributed by atoms with Gasteiger partial charge in [-0.15, -0.1) is 0 Å². The lowest BCUT2D eigenvalue weighted by Crippen LogP contribution is -2.55. The summed E-state index contributed by atoms with van der Waals surface area (Å²) in [5.41, 5.74) is 16.5. The number of para-hydroxylation sites is 2. The highest BCUT2D eigenvalue weighted by Crippen LogP contribution is 2.69. The first-order chi connectivity index (χ1) is 33.6. The predicted octanol–water partition coefficient (Wildman–Crippen LogP) is 14.7. The van der Waals surface area contributed by atoms with Crippen LogP contribution in [0.25, 0.3) is 100 Å². The molecule has 0 unspecified atom stereocenters. The van der Waals surface area contributed by atoms with E-state index in [1.165, 1.54) is 76.3 Å². The molecule has 0 radical (unpaired) electrons. The lowest BCUT2D eigenvalue weighted by Gasteiger charge is -2.61. The van der Waals surface area contributed by atoms with Crippen LogP contribution < -0.4 is 0 Å². The van der Waals surface area contributed by atoms with Crippen molar-refractivity contribution in [2.75, 3.05) is 0 Å². The molecule has 5 aliphatic rings. The molecule has 6 heteroatoms. The van der Waals surface area contributed by atoms with Gasteiger partial charge < -0.3 is 4.57 Å². The van der Waals surface area contributed by atoms with Gasteiger partial charge in [0.25, 0.3) is 0 Å². The van der Waals surface area contributed by atoms with Crippen LogP contribution >= 0.6 is 0 Å². The van der Waals surface area contributed by atoms with Crippen molar-refractivity contribution >= 4 is 43.6 Å². The van der Waals surface area contributed by atoms with Gasteiger partial charge in [0, 0.05) is 43.8 Å². The summed E-state index contributed by atoms with van der Waals surface area (Å²) in [5, 5.41) is 14.5. The van der Waals surface area contributed by atoms with Crippen LogP contribution in [0.4, 0.5) is 0 Å². The van der Waals surface area contributed by atoms with Gasteiger partial charge in [-0.05, 0) is 150 Å². The number of fused-ring (bicyclic) bond motifs is 9. The van der Waals surface area contributed by atoms with Crippen LogP contribution in [0.3, 0.4) is 0 Å². The Kier molecular flexibility index (Phi) is 7.93. The van der Waals surface area contributed by atoms with E-state index in [2.05, 4.69) is 143 Å². The van der Waals surface area contributed by atoms with Gasteiger partial charge in [0.15, 0.2) is 11.6 Å². The highest BCUT2D eigenvalue weighted by molar-refractivity contribution is 6.12. The standard InChI is InChI=1S/C62H44N6/c63-36-37-11-10-14-43(28-37)60-64-59(40-12-2-1-3-13-40)65-61(66-60)68-56-20-9-6-17-50(56)52-34-42(22-26-58(52)68)41-21-25-57-51(33-41)49-16-5-8-19-55(49)67(57)46-23-24-48-47-15-4-7-18-53(47)62(54(48)35-46)44-29-38-27-39(31-44)32-45(62)30-38/h1-26,28,33-35,38-39,44-45H,27,29-32H2. The second kappa shape index (κ2) is 14.2. The molecule has 16 rings (SSSR count). The lowest BCUT2D eigenvalue weighted by molar-refractivity contribution is -0.0399. The highest BCUT2D eigenvalue weighted by atomic mass is 15.2. The van der Waals surface area contributed by atoms with Crippen molar-refractivity contribution in [3.05, 3.63) is 199 Å². The molecule has 8 aromatic carbocycles. The van der Waals surface area contributed by atoms with E-state index in [4.69, 9.17) is 15.0 Å². The third-order valence-electron chi connectivity index (χ3n) is 16.6. The molecule has 11 aromatic rings. The van der Waals surface area contributed by atoms with E-state index in [-0.39, 0.29) is 5.41 Å². The molecule has 6 nitrogen and oxygen atoms in total. The molecule has 322 valence electrons. The van der Waals surface area contributed by atoms with Gasteiger partial charge in [0.1, 0.15) is 0 Å². The van der Waals surface area contributed by atoms with Crippen LogP contribution in [-0.2, 0) is 5.41 Å². The molecule has 4 saturated carbocycles. The van der Waals surface area contributed by atoms with E-state index >= 15 is 0 Å². The Balaban J connectivity index is 0.875. The van der Waals surface area contributed by atoms with Crippen LogP contribution in [0.5, 0.6) is 0 Å². The van der Waals surface area contributed by atoms with E-state index < -0.39 is 0 Å². The average Bonchev–Trinajstić information content (AvgIpc) is 4.01. The fourth-order valence-electron chi connectivity index (χ4n) is 14.1. The molecular formula is C62H44N6. The molecule has 0 aliphatic heterocycles. The van der Waals surface area contributed by atoms with Gasteiger partial charge in [0.05, 0.1) is 33.7 Å². The number of benzene rings is 8. The lowest BCUT2D eigenvalue weighted by atomic mass is 9.43. The normalized spacial score (nSPS) is 21.0. The van der Waals surface area contributed by atoms with Crippen molar-refractivity contribution in [3.8, 4) is 62.7 Å². The van der Waals surface area contributed by atoms with Gasteiger partial charge in [-0.1, -0.05) is 121 Å². The fourth-order valence-corrected chi connectivity index (χ4v) is 14.1. The van der Waals surface area contributed by atoms with Gasteiger partial charge >= 0.3 is 0 Å². The van der Waals surface area contributed by atoms with E-state index in [1.807, 2.05) is 48.5 Å². The van der Waals surface area contributed by atoms with Crippen molar-refractivity contribution in [2.24, 2.45) is 23.7 Å². The molecule has 4 bridgehead atoms. The molecule has 3 heterocycles. The molecule has 3 aromatic heterocycles. The summed E-state index contributed by atoms with van der Waals surface area (Å²) >= 11 is 0. The summed E-state index contributed by atoms with van der Waals surface area (Å²) in [6.45, 7) is 0. The van der Waals surface area contributed by atoms with Crippen molar-refractivity contribution in [1.82, 2.24) is 24.1 Å². The second-order valence-corrected chi connectivity index (χ2v) is 20.0. The zero-order valence-corrected chi connectivity index (χ0v) is 37.3. The first-order valence-corrected chi connectivity index (χ1v) is 24.2. The average molecular weight is 873 g/mol. The number of hydrogen-bond donors (Lipinski definition) is 0. The van der Waals surface area contributed by atoms with Gasteiger partial charge in [-0.2, -0.15) is 15.2 Å². The Morgan fingerprint density at radius 2 is 1.00 bits per heavy atom. The van der Waals surface area contributed by atoms with Crippen molar-refractivity contribution in [1.29, 1.82) is 5.26 Å². The largest absolute Gasteiger partial charge is 0.309 e. The summed E-state index contributed by atoms with van der Waals surface area (Å²) in [4.78, 5) is 15.2. The molecule has 0 saturated heterocycles. The summed E-state index contributed by atoms with van der Waals surface area (Å²) in [6, 6.07) is 67.9. The monoisotopic (exact) mass is 872 g/mol. The third kappa shape index (κ3) is 5.30. The first kappa shape index (κ1) is 38.0. The number of nitrogens with zero attached hydrogens (tertiary/aromatic N) is 6. The summed E-state index contributed by atoms with van der Waals surface area (Å²) < 4.78 is 4.68. The highest BCUT2D eigenvalue weighted by Gasteiger charge is 2.61. The molecule has 68 heavy (non-hydrogen) atoms. The van der Waals surface area contributed by atoms with Crippen molar-refractivity contribution in [2.45, 2.75) is 37.5 Å². The number of hydrogen-bond acceptors (Lipinski definition) is 4. The summed E-state index contributed by atoms with van der Waals surface area (Å²) in [5.74, 6) is 4.86. The Hall–Kier alpha value is -8.14. The molecule has 1 spiro atoms. The minimum atomic E-state index is 0.114. The van der Waals surface area contributed by atoms with Crippen LogP contribution in [0, 0.1) is 35.0 Å². The fraction of sp³-hybridized carbons (Fsp3) is 0.161. The van der Waals surface area contributed by atoms with E-state index in [9.17, 15) is 5.26 Å². The Labute approximate surface area is 393 Å². The minimum Gasteiger partial charge on any atom is -0.309 e. The molecule has 5 aliphatic carbocycles. The smallest absolute Gasteiger partial charge is 0.238 e. The van der Waals surface area contributed by atoms with Gasteiger partial charge in [0.2, 0.25) is 5.95 Å². The maximum Gasteiger partial charge on any atom is 0.238 e. The molecule has 0 amide bonds. The van der Waals surface area contributed by atoms with Crippen LogP contribution in [0.1, 0.15) is 48.8 Å². The van der Waals surface area contributed by atoms with Crippen LogP contribution in [0.15, 0.2) is 182 Å². The van der Waals surface area contributed by atoms with Crippen LogP contribution in [0.2, 0.25) is 0 Å². The SMILES string of the molecule is N#Cc1cccc(-c2nc(-c3ccccc3)nc(-n3c4ccccc4c4cc(-c5ccc6c(c5)c5ccccc5n6-c5ccc6c(c5)C5(c7ccccc7-6)C6CC7CC(C6)CC5C7)ccc43)n2)c1. The Morgan fingerprint density at radius 1 is 0.426 bits per heavy atom. The maximum absolute atomic E-state index is 9.75. The van der Waals surface area contributed by atoms with Gasteiger partial charge in [-0.25, -0.2) is 4.98 Å². The predicted molar refractivity (Wildman–Crippen MR) is 273 cm³/mol. The van der Waals surface area contributed by atoms with E-state index in [0.717, 1.165) is 62.2 Å². The Morgan fingerprint density at radius 3 is 1.71 bits per heavy atom.